The van der Waals surface area contributed by atoms with E-state index in [0.717, 1.165) is 10.2 Å². The molecule has 6 heteroatoms. The van der Waals surface area contributed by atoms with Crippen LogP contribution in [0.5, 0.6) is 0 Å². The zero-order valence-electron chi connectivity index (χ0n) is 10.4. The molecule has 1 fully saturated rings. The molecule has 0 bridgehead atoms. The smallest absolute Gasteiger partial charge is 0.321 e. The first-order valence-corrected chi connectivity index (χ1v) is 6.96. The van der Waals surface area contributed by atoms with E-state index in [-0.39, 0.29) is 17.9 Å². The number of halogens is 1. The van der Waals surface area contributed by atoms with Crippen LogP contribution in [0.15, 0.2) is 28.7 Å². The van der Waals surface area contributed by atoms with Crippen LogP contribution < -0.4 is 11.1 Å². The van der Waals surface area contributed by atoms with Crippen molar-refractivity contribution < 1.29 is 9.59 Å². The van der Waals surface area contributed by atoms with Gasteiger partial charge in [0, 0.05) is 29.2 Å². The summed E-state index contributed by atoms with van der Waals surface area (Å²) < 4.78 is 0.915. The number of nitrogens with zero attached hydrogens (tertiary/aromatic N) is 1. The van der Waals surface area contributed by atoms with E-state index >= 15 is 0 Å². The fourth-order valence-electron chi connectivity index (χ4n) is 2.14. The number of urea groups is 1. The molecule has 0 spiro atoms. The van der Waals surface area contributed by atoms with Crippen LogP contribution in [0.1, 0.15) is 12.8 Å². The van der Waals surface area contributed by atoms with Crippen LogP contribution in [0.3, 0.4) is 0 Å². The van der Waals surface area contributed by atoms with Gasteiger partial charge in [-0.3, -0.25) is 4.79 Å². The van der Waals surface area contributed by atoms with Crippen LogP contribution in [-0.4, -0.2) is 29.9 Å². The lowest BCUT2D eigenvalue weighted by Crippen LogP contribution is -2.43. The van der Waals surface area contributed by atoms with Crippen LogP contribution >= 0.6 is 15.9 Å². The summed E-state index contributed by atoms with van der Waals surface area (Å²) in [7, 11) is 0. The van der Waals surface area contributed by atoms with Crippen LogP contribution in [0.25, 0.3) is 0 Å². The lowest BCUT2D eigenvalue weighted by Gasteiger charge is -2.30. The second-order valence-electron chi connectivity index (χ2n) is 4.60. The van der Waals surface area contributed by atoms with Gasteiger partial charge in [0.25, 0.3) is 0 Å². The molecule has 1 saturated heterocycles. The average molecular weight is 326 g/mol. The fourth-order valence-corrected chi connectivity index (χ4v) is 2.54. The monoisotopic (exact) mass is 325 g/mol. The maximum absolute atomic E-state index is 12.0. The van der Waals surface area contributed by atoms with Crippen LogP contribution in [0.2, 0.25) is 0 Å². The molecule has 1 aliphatic rings. The summed E-state index contributed by atoms with van der Waals surface area (Å²) in [6.07, 6.45) is 1.28. The third-order valence-corrected chi connectivity index (χ3v) is 3.75. The lowest BCUT2D eigenvalue weighted by atomic mass is 9.96. The van der Waals surface area contributed by atoms with Crippen molar-refractivity contribution in [2.75, 3.05) is 18.4 Å². The molecule has 0 aliphatic carbocycles. The number of nitrogens with two attached hydrogens (primary N) is 1. The predicted molar refractivity (Wildman–Crippen MR) is 76.7 cm³/mol. The van der Waals surface area contributed by atoms with Gasteiger partial charge in [0.1, 0.15) is 0 Å². The number of carbonyl (C=O) groups is 2. The molecule has 19 heavy (non-hydrogen) atoms. The highest BCUT2D eigenvalue weighted by Gasteiger charge is 2.25. The molecule has 0 saturated carbocycles. The highest BCUT2D eigenvalue weighted by atomic mass is 79.9. The van der Waals surface area contributed by atoms with E-state index in [0.29, 0.717) is 25.9 Å². The Bertz CT molecular complexity index is 485. The van der Waals surface area contributed by atoms with Crippen molar-refractivity contribution in [3.05, 3.63) is 28.7 Å². The highest BCUT2D eigenvalue weighted by molar-refractivity contribution is 9.10. The van der Waals surface area contributed by atoms with Crippen molar-refractivity contribution in [1.29, 1.82) is 0 Å². The minimum atomic E-state index is -0.271. The van der Waals surface area contributed by atoms with Crippen molar-refractivity contribution >= 4 is 33.6 Å². The molecule has 1 aromatic carbocycles. The van der Waals surface area contributed by atoms with Crippen molar-refractivity contribution in [3.63, 3.8) is 0 Å². The van der Waals surface area contributed by atoms with Crippen molar-refractivity contribution in [2.45, 2.75) is 12.8 Å². The Labute approximate surface area is 120 Å². The quantitative estimate of drug-likeness (QED) is 0.874. The molecule has 0 atom stereocenters. The van der Waals surface area contributed by atoms with Gasteiger partial charge in [0.15, 0.2) is 0 Å². The van der Waals surface area contributed by atoms with E-state index in [1.54, 1.807) is 4.90 Å². The fraction of sp³-hybridized carbons (Fsp3) is 0.385. The summed E-state index contributed by atoms with van der Waals surface area (Å²) in [4.78, 5) is 24.8. The molecule has 5 nitrogen and oxygen atoms in total. The van der Waals surface area contributed by atoms with Gasteiger partial charge in [-0.15, -0.1) is 0 Å². The SMILES string of the molecule is NC(=O)C1CCN(C(=O)Nc2cccc(Br)c2)CC1. The predicted octanol–water partition coefficient (Wildman–Crippen LogP) is 2.18. The number of likely N-dealkylation sites (tertiary alicyclic amines) is 1. The van der Waals surface area contributed by atoms with Gasteiger partial charge in [-0.1, -0.05) is 22.0 Å². The molecule has 1 heterocycles. The summed E-state index contributed by atoms with van der Waals surface area (Å²) in [6.45, 7) is 1.13. The van der Waals surface area contributed by atoms with Gasteiger partial charge in [-0.05, 0) is 31.0 Å². The summed E-state index contributed by atoms with van der Waals surface area (Å²) in [6, 6.07) is 7.29. The summed E-state index contributed by atoms with van der Waals surface area (Å²) in [5.41, 5.74) is 6.01. The van der Waals surface area contributed by atoms with E-state index in [9.17, 15) is 9.59 Å². The second-order valence-corrected chi connectivity index (χ2v) is 5.52. The number of rotatable bonds is 2. The van der Waals surface area contributed by atoms with E-state index in [2.05, 4.69) is 21.2 Å². The highest BCUT2D eigenvalue weighted by Crippen LogP contribution is 2.19. The third-order valence-electron chi connectivity index (χ3n) is 3.26. The van der Waals surface area contributed by atoms with Gasteiger partial charge in [-0.25, -0.2) is 4.79 Å². The zero-order valence-corrected chi connectivity index (χ0v) is 12.0. The Balaban J connectivity index is 1.90. The van der Waals surface area contributed by atoms with Gasteiger partial charge >= 0.3 is 6.03 Å². The summed E-state index contributed by atoms with van der Waals surface area (Å²) >= 11 is 3.36. The van der Waals surface area contributed by atoms with Crippen LogP contribution in [0.4, 0.5) is 10.5 Å². The molecular formula is C13H16BrN3O2. The molecule has 3 amide bonds. The Hall–Kier alpha value is -1.56. The van der Waals surface area contributed by atoms with Gasteiger partial charge < -0.3 is 16.0 Å². The number of benzene rings is 1. The van der Waals surface area contributed by atoms with Gasteiger partial charge in [-0.2, -0.15) is 0 Å². The van der Waals surface area contributed by atoms with E-state index in [1.807, 2.05) is 24.3 Å². The first-order valence-electron chi connectivity index (χ1n) is 6.17. The van der Waals surface area contributed by atoms with Gasteiger partial charge in [0.2, 0.25) is 5.91 Å². The minimum Gasteiger partial charge on any atom is -0.369 e. The molecular weight excluding hydrogens is 310 g/mol. The molecule has 2 rings (SSSR count). The maximum Gasteiger partial charge on any atom is 0.321 e. The van der Waals surface area contributed by atoms with E-state index in [4.69, 9.17) is 5.73 Å². The number of piperidine rings is 1. The summed E-state index contributed by atoms with van der Waals surface area (Å²) in [5, 5.41) is 2.84. The van der Waals surface area contributed by atoms with Crippen LogP contribution in [0, 0.1) is 5.92 Å². The number of nitrogens with one attached hydrogen (secondary N) is 1. The van der Waals surface area contributed by atoms with Gasteiger partial charge in [0.05, 0.1) is 0 Å². The molecule has 0 aromatic heterocycles. The number of amides is 3. The first kappa shape index (κ1) is 13.9. The first-order chi connectivity index (χ1) is 9.06. The van der Waals surface area contributed by atoms with Crippen molar-refractivity contribution in [3.8, 4) is 0 Å². The number of anilines is 1. The van der Waals surface area contributed by atoms with Crippen LogP contribution in [-0.2, 0) is 4.79 Å². The Morgan fingerprint density at radius 3 is 2.58 bits per heavy atom. The topological polar surface area (TPSA) is 75.4 Å². The number of hydrogen-bond acceptors (Lipinski definition) is 2. The molecule has 102 valence electrons. The minimum absolute atomic E-state index is 0.102. The zero-order chi connectivity index (χ0) is 13.8. The van der Waals surface area contributed by atoms with Crippen molar-refractivity contribution in [2.24, 2.45) is 11.7 Å². The molecule has 1 aromatic rings. The summed E-state index contributed by atoms with van der Waals surface area (Å²) in [5.74, 6) is -0.373. The van der Waals surface area contributed by atoms with E-state index in [1.165, 1.54) is 0 Å². The second kappa shape index (κ2) is 6.06. The van der Waals surface area contributed by atoms with Crippen molar-refractivity contribution in [1.82, 2.24) is 4.90 Å². The molecule has 0 radical (unpaired) electrons. The number of carbonyl (C=O) groups excluding carboxylic acids is 2. The number of primary amides is 1. The number of hydrogen-bond donors (Lipinski definition) is 2. The third kappa shape index (κ3) is 3.70. The average Bonchev–Trinajstić information content (AvgIpc) is 2.39. The molecule has 0 unspecified atom stereocenters. The Morgan fingerprint density at radius 1 is 1.32 bits per heavy atom. The lowest BCUT2D eigenvalue weighted by molar-refractivity contribution is -0.122. The Kier molecular flexibility index (Phi) is 4.42. The van der Waals surface area contributed by atoms with E-state index < -0.39 is 0 Å². The molecule has 1 aliphatic heterocycles. The molecule has 3 N–H and O–H groups in total. The normalized spacial score (nSPS) is 16.2. The largest absolute Gasteiger partial charge is 0.369 e. The Morgan fingerprint density at radius 2 is 2.00 bits per heavy atom. The maximum atomic E-state index is 12.0. The standard InChI is InChI=1S/C13H16BrN3O2/c14-10-2-1-3-11(8-10)16-13(19)17-6-4-9(5-7-17)12(15)18/h1-3,8-9H,4-7H2,(H2,15,18)(H,16,19).